The smallest absolute Gasteiger partial charge is 0.0781 e. The summed E-state index contributed by atoms with van der Waals surface area (Å²) in [6, 6.07) is 0. The highest BCUT2D eigenvalue weighted by atomic mass is 16.5. The number of methoxy groups -OCH3 is 1. The van der Waals surface area contributed by atoms with Gasteiger partial charge in [0.2, 0.25) is 0 Å². The van der Waals surface area contributed by atoms with Crippen molar-refractivity contribution in [2.45, 2.75) is 44.6 Å². The summed E-state index contributed by atoms with van der Waals surface area (Å²) in [6.45, 7) is 0. The van der Waals surface area contributed by atoms with Crippen LogP contribution in [0.5, 0.6) is 0 Å². The van der Waals surface area contributed by atoms with Gasteiger partial charge in [0, 0.05) is 7.11 Å². The third kappa shape index (κ3) is 2.27. The molecule has 0 spiro atoms. The monoisotopic (exact) mass is 192 g/mol. The minimum atomic E-state index is 0.431. The second kappa shape index (κ2) is 4.79. The van der Waals surface area contributed by atoms with Crippen LogP contribution in [-0.4, -0.2) is 13.2 Å². The zero-order chi connectivity index (χ0) is 9.80. The maximum absolute atomic E-state index is 5.48. The van der Waals surface area contributed by atoms with Gasteiger partial charge in [-0.2, -0.15) is 0 Å². The highest BCUT2D eigenvalue weighted by Gasteiger charge is 2.21. The molecule has 2 rings (SSSR count). The first-order valence-corrected chi connectivity index (χ1v) is 5.78. The van der Waals surface area contributed by atoms with E-state index >= 15 is 0 Å². The zero-order valence-electron chi connectivity index (χ0n) is 9.04. The van der Waals surface area contributed by atoms with E-state index in [0.29, 0.717) is 6.10 Å². The second-order valence-corrected chi connectivity index (χ2v) is 4.40. The molecular formula is C13H20O. The Bertz CT molecular complexity index is 240. The molecule has 0 amide bonds. The van der Waals surface area contributed by atoms with Gasteiger partial charge in [-0.1, -0.05) is 18.2 Å². The van der Waals surface area contributed by atoms with Crippen LogP contribution in [0.3, 0.4) is 0 Å². The fourth-order valence-electron chi connectivity index (χ4n) is 2.57. The van der Waals surface area contributed by atoms with Crippen molar-refractivity contribution in [1.29, 1.82) is 0 Å². The van der Waals surface area contributed by atoms with Gasteiger partial charge in [-0.3, -0.25) is 0 Å². The van der Waals surface area contributed by atoms with Gasteiger partial charge < -0.3 is 4.74 Å². The van der Waals surface area contributed by atoms with Gasteiger partial charge in [0.05, 0.1) is 6.10 Å². The topological polar surface area (TPSA) is 9.23 Å². The average molecular weight is 192 g/mol. The fraction of sp³-hybridized carbons (Fsp3) is 0.692. The summed E-state index contributed by atoms with van der Waals surface area (Å²) in [5, 5.41) is 0. The molecule has 0 bridgehead atoms. The molecule has 2 atom stereocenters. The van der Waals surface area contributed by atoms with E-state index < -0.39 is 0 Å². The van der Waals surface area contributed by atoms with Crippen molar-refractivity contribution in [1.82, 2.24) is 0 Å². The van der Waals surface area contributed by atoms with E-state index in [1.165, 1.54) is 38.5 Å². The Morgan fingerprint density at radius 3 is 3.00 bits per heavy atom. The molecule has 1 saturated carbocycles. The minimum absolute atomic E-state index is 0.431. The summed E-state index contributed by atoms with van der Waals surface area (Å²) >= 11 is 0. The highest BCUT2D eigenvalue weighted by Crippen LogP contribution is 2.30. The van der Waals surface area contributed by atoms with E-state index in [1.54, 1.807) is 5.57 Å². The Balaban J connectivity index is 1.98. The van der Waals surface area contributed by atoms with Crippen molar-refractivity contribution in [2.24, 2.45) is 5.92 Å². The number of hydrogen-bond donors (Lipinski definition) is 0. The van der Waals surface area contributed by atoms with Gasteiger partial charge >= 0.3 is 0 Å². The molecule has 0 N–H and O–H groups in total. The van der Waals surface area contributed by atoms with Gasteiger partial charge in [-0.15, -0.1) is 0 Å². The Kier molecular flexibility index (Phi) is 3.41. The summed E-state index contributed by atoms with van der Waals surface area (Å²) < 4.78 is 5.48. The molecule has 0 saturated heterocycles. The largest absolute Gasteiger partial charge is 0.377 e. The normalized spacial score (nSPS) is 35.4. The quantitative estimate of drug-likeness (QED) is 0.609. The van der Waals surface area contributed by atoms with Crippen molar-refractivity contribution >= 4 is 0 Å². The van der Waals surface area contributed by atoms with E-state index in [-0.39, 0.29) is 0 Å². The number of rotatable bonds is 2. The lowest BCUT2D eigenvalue weighted by Gasteiger charge is -2.17. The number of allylic oxidation sites excluding steroid dienone is 3. The SMILES string of the molecule is COC1CCCC1=CC1CC=CCC1. The van der Waals surface area contributed by atoms with Crippen LogP contribution >= 0.6 is 0 Å². The summed E-state index contributed by atoms with van der Waals surface area (Å²) in [4.78, 5) is 0. The molecule has 1 nitrogen and oxygen atoms in total. The first kappa shape index (κ1) is 9.97. The molecular weight excluding hydrogens is 172 g/mol. The Morgan fingerprint density at radius 2 is 2.29 bits per heavy atom. The summed E-state index contributed by atoms with van der Waals surface area (Å²) in [6.07, 6.45) is 15.2. The van der Waals surface area contributed by atoms with Crippen LogP contribution in [-0.2, 0) is 4.74 Å². The lowest BCUT2D eigenvalue weighted by atomic mass is 9.92. The van der Waals surface area contributed by atoms with Crippen molar-refractivity contribution in [3.05, 3.63) is 23.8 Å². The Hall–Kier alpha value is -0.560. The highest BCUT2D eigenvalue weighted by molar-refractivity contribution is 5.15. The minimum Gasteiger partial charge on any atom is -0.377 e. The molecule has 78 valence electrons. The molecule has 2 unspecified atom stereocenters. The third-order valence-electron chi connectivity index (χ3n) is 3.39. The molecule has 2 aliphatic carbocycles. The number of hydrogen-bond acceptors (Lipinski definition) is 1. The Labute approximate surface area is 86.8 Å². The van der Waals surface area contributed by atoms with E-state index in [9.17, 15) is 0 Å². The first-order valence-electron chi connectivity index (χ1n) is 5.78. The van der Waals surface area contributed by atoms with Crippen LogP contribution < -0.4 is 0 Å². The molecule has 2 aliphatic rings. The Morgan fingerprint density at radius 1 is 1.36 bits per heavy atom. The van der Waals surface area contributed by atoms with Crippen LogP contribution in [0.25, 0.3) is 0 Å². The van der Waals surface area contributed by atoms with Crippen LogP contribution in [0.4, 0.5) is 0 Å². The standard InChI is InChI=1S/C13H20O/c1-14-13-9-5-8-12(13)10-11-6-3-2-4-7-11/h2-3,10-11,13H,4-9H2,1H3. The van der Waals surface area contributed by atoms with Crippen LogP contribution in [0.2, 0.25) is 0 Å². The molecule has 1 heteroatoms. The van der Waals surface area contributed by atoms with Gasteiger partial charge in [-0.05, 0) is 50.0 Å². The van der Waals surface area contributed by atoms with Gasteiger partial charge in [0.1, 0.15) is 0 Å². The van der Waals surface area contributed by atoms with E-state index in [2.05, 4.69) is 18.2 Å². The molecule has 0 aromatic heterocycles. The lowest BCUT2D eigenvalue weighted by Crippen LogP contribution is -2.09. The van der Waals surface area contributed by atoms with Crippen molar-refractivity contribution < 1.29 is 4.74 Å². The maximum atomic E-state index is 5.48. The fourth-order valence-corrected chi connectivity index (χ4v) is 2.57. The third-order valence-corrected chi connectivity index (χ3v) is 3.39. The van der Waals surface area contributed by atoms with Crippen molar-refractivity contribution in [3.8, 4) is 0 Å². The zero-order valence-corrected chi connectivity index (χ0v) is 9.04. The van der Waals surface area contributed by atoms with Gasteiger partial charge in [0.15, 0.2) is 0 Å². The first-order chi connectivity index (χ1) is 6.90. The van der Waals surface area contributed by atoms with Crippen LogP contribution in [0, 0.1) is 5.92 Å². The molecule has 1 fully saturated rings. The van der Waals surface area contributed by atoms with Gasteiger partial charge in [-0.25, -0.2) is 0 Å². The van der Waals surface area contributed by atoms with Crippen LogP contribution in [0.1, 0.15) is 38.5 Å². The van der Waals surface area contributed by atoms with E-state index in [4.69, 9.17) is 4.74 Å². The average Bonchev–Trinajstić information content (AvgIpc) is 2.67. The lowest BCUT2D eigenvalue weighted by molar-refractivity contribution is 0.136. The van der Waals surface area contributed by atoms with Crippen molar-refractivity contribution in [3.63, 3.8) is 0 Å². The molecule has 0 heterocycles. The van der Waals surface area contributed by atoms with Crippen LogP contribution in [0.15, 0.2) is 23.8 Å². The molecule has 0 aliphatic heterocycles. The molecule has 0 radical (unpaired) electrons. The van der Waals surface area contributed by atoms with E-state index in [1.807, 2.05) is 7.11 Å². The molecule has 14 heavy (non-hydrogen) atoms. The number of ether oxygens (including phenoxy) is 1. The van der Waals surface area contributed by atoms with Gasteiger partial charge in [0.25, 0.3) is 0 Å². The molecule has 0 aromatic carbocycles. The van der Waals surface area contributed by atoms with E-state index in [0.717, 1.165) is 5.92 Å². The molecule has 0 aromatic rings. The maximum Gasteiger partial charge on any atom is 0.0781 e. The predicted octanol–water partition coefficient (Wildman–Crippen LogP) is 3.47. The van der Waals surface area contributed by atoms with Crippen molar-refractivity contribution in [2.75, 3.05) is 7.11 Å². The summed E-state index contributed by atoms with van der Waals surface area (Å²) in [7, 11) is 1.84. The second-order valence-electron chi connectivity index (χ2n) is 4.40. The predicted molar refractivity (Wildman–Crippen MR) is 59.2 cm³/mol. The summed E-state index contributed by atoms with van der Waals surface area (Å²) in [5.74, 6) is 0.783. The summed E-state index contributed by atoms with van der Waals surface area (Å²) in [5.41, 5.74) is 1.56.